The Hall–Kier alpha value is -0.870. The lowest BCUT2D eigenvalue weighted by Gasteiger charge is -2.20. The maximum atomic E-state index is 5.52. The molecule has 80 valence electrons. The molecule has 0 aliphatic heterocycles. The van der Waals surface area contributed by atoms with Crippen LogP contribution in [0.5, 0.6) is 0 Å². The Kier molecular flexibility index (Phi) is 4.10. The molecule has 0 saturated carbocycles. The number of hydrogen-bond acceptors (Lipinski definition) is 3. The first-order chi connectivity index (χ1) is 6.67. The summed E-state index contributed by atoms with van der Waals surface area (Å²) in [6.07, 6.45) is 3.98. The van der Waals surface area contributed by atoms with Gasteiger partial charge < -0.3 is 0 Å². The van der Waals surface area contributed by atoms with Crippen LogP contribution in [-0.2, 0) is 13.5 Å². The van der Waals surface area contributed by atoms with Crippen molar-refractivity contribution in [3.63, 3.8) is 0 Å². The van der Waals surface area contributed by atoms with Crippen molar-refractivity contribution >= 4 is 0 Å². The maximum absolute atomic E-state index is 5.52. The highest BCUT2D eigenvalue weighted by Gasteiger charge is 2.15. The zero-order chi connectivity index (χ0) is 10.6. The van der Waals surface area contributed by atoms with Gasteiger partial charge in [-0.15, -0.1) is 0 Å². The number of nitrogens with two attached hydrogens (primary N) is 1. The van der Waals surface area contributed by atoms with Crippen molar-refractivity contribution < 1.29 is 0 Å². The van der Waals surface area contributed by atoms with E-state index in [-0.39, 0.29) is 0 Å². The van der Waals surface area contributed by atoms with E-state index in [2.05, 4.69) is 24.4 Å². The topological polar surface area (TPSA) is 55.9 Å². The average Bonchev–Trinajstić information content (AvgIpc) is 2.59. The Morgan fingerprint density at radius 2 is 2.36 bits per heavy atom. The summed E-state index contributed by atoms with van der Waals surface area (Å²) in [6, 6.07) is 2.35. The lowest BCUT2D eigenvalue weighted by atomic mass is 9.96. The first kappa shape index (κ1) is 11.2. The van der Waals surface area contributed by atoms with Crippen LogP contribution < -0.4 is 11.3 Å². The minimum absolute atomic E-state index is 0.315. The summed E-state index contributed by atoms with van der Waals surface area (Å²) in [6.45, 7) is 4.38. The summed E-state index contributed by atoms with van der Waals surface area (Å²) in [5.41, 5.74) is 3.95. The summed E-state index contributed by atoms with van der Waals surface area (Å²) < 4.78 is 1.82. The van der Waals surface area contributed by atoms with Gasteiger partial charge in [-0.25, -0.2) is 0 Å². The molecule has 0 radical (unpaired) electrons. The lowest BCUT2D eigenvalue weighted by molar-refractivity contribution is 0.367. The predicted molar refractivity (Wildman–Crippen MR) is 57.5 cm³/mol. The molecule has 3 N–H and O–H groups in total. The molecule has 1 aromatic heterocycles. The summed E-state index contributed by atoms with van der Waals surface area (Å²) in [5.74, 6) is 6.09. The first-order valence-corrected chi connectivity index (χ1v) is 5.12. The van der Waals surface area contributed by atoms with Crippen LogP contribution in [0, 0.1) is 5.92 Å². The third-order valence-corrected chi connectivity index (χ3v) is 2.74. The van der Waals surface area contributed by atoms with E-state index in [0.29, 0.717) is 12.0 Å². The van der Waals surface area contributed by atoms with Gasteiger partial charge in [-0.2, -0.15) is 5.10 Å². The van der Waals surface area contributed by atoms with Crippen LogP contribution in [0.25, 0.3) is 0 Å². The number of hydrazine groups is 1. The molecule has 0 aliphatic carbocycles. The van der Waals surface area contributed by atoms with Crippen molar-refractivity contribution in [2.45, 2.75) is 32.7 Å². The van der Waals surface area contributed by atoms with E-state index in [1.165, 1.54) is 0 Å². The van der Waals surface area contributed by atoms with Gasteiger partial charge in [-0.05, 0) is 12.0 Å². The maximum Gasteiger partial charge on any atom is 0.0640 e. The fraction of sp³-hybridized carbons (Fsp3) is 0.700. The largest absolute Gasteiger partial charge is 0.276 e. The van der Waals surface area contributed by atoms with E-state index >= 15 is 0 Å². The van der Waals surface area contributed by atoms with Gasteiger partial charge in [0, 0.05) is 25.7 Å². The third-order valence-electron chi connectivity index (χ3n) is 2.74. The normalized spacial score (nSPS) is 15.4. The van der Waals surface area contributed by atoms with E-state index in [1.807, 2.05) is 24.0 Å². The van der Waals surface area contributed by atoms with Gasteiger partial charge in [0.25, 0.3) is 0 Å². The van der Waals surface area contributed by atoms with Gasteiger partial charge >= 0.3 is 0 Å². The van der Waals surface area contributed by atoms with Crippen LogP contribution in [0.2, 0.25) is 0 Å². The molecule has 0 amide bonds. The summed E-state index contributed by atoms with van der Waals surface area (Å²) >= 11 is 0. The number of nitrogens with one attached hydrogen (secondary N) is 1. The fourth-order valence-corrected chi connectivity index (χ4v) is 1.51. The van der Waals surface area contributed by atoms with E-state index in [9.17, 15) is 0 Å². The molecule has 0 saturated heterocycles. The standard InChI is InChI=1S/C10H20N4/c1-4-8(2)10(12-11)7-9-5-6-14(3)13-9/h5-6,8,10,12H,4,7,11H2,1-3H3. The summed E-state index contributed by atoms with van der Waals surface area (Å²) in [7, 11) is 1.93. The number of hydrogen-bond donors (Lipinski definition) is 2. The highest BCUT2D eigenvalue weighted by atomic mass is 15.3. The zero-order valence-electron chi connectivity index (χ0n) is 9.20. The Morgan fingerprint density at radius 3 is 2.79 bits per heavy atom. The predicted octanol–water partition coefficient (Wildman–Crippen LogP) is 0.841. The zero-order valence-corrected chi connectivity index (χ0v) is 9.20. The van der Waals surface area contributed by atoms with Crippen molar-refractivity contribution in [3.8, 4) is 0 Å². The minimum atomic E-state index is 0.315. The highest BCUT2D eigenvalue weighted by molar-refractivity contribution is 5.01. The number of rotatable bonds is 5. The van der Waals surface area contributed by atoms with Crippen molar-refractivity contribution in [3.05, 3.63) is 18.0 Å². The smallest absolute Gasteiger partial charge is 0.0640 e. The molecule has 0 aliphatic rings. The second kappa shape index (κ2) is 5.12. The summed E-state index contributed by atoms with van der Waals surface area (Å²) in [4.78, 5) is 0. The van der Waals surface area contributed by atoms with Gasteiger partial charge in [0.1, 0.15) is 0 Å². The molecule has 0 bridgehead atoms. The molecule has 1 aromatic rings. The first-order valence-electron chi connectivity index (χ1n) is 5.12. The van der Waals surface area contributed by atoms with Gasteiger partial charge in [0.2, 0.25) is 0 Å². The number of nitrogens with zero attached hydrogens (tertiary/aromatic N) is 2. The SMILES string of the molecule is CCC(C)C(Cc1ccn(C)n1)NN. The molecule has 1 rings (SSSR count). The molecule has 14 heavy (non-hydrogen) atoms. The van der Waals surface area contributed by atoms with Gasteiger partial charge in [-0.3, -0.25) is 16.0 Å². The van der Waals surface area contributed by atoms with Crippen LogP contribution in [0.1, 0.15) is 26.0 Å². The quantitative estimate of drug-likeness (QED) is 0.542. The molecule has 2 atom stereocenters. The van der Waals surface area contributed by atoms with Crippen LogP contribution in [0.4, 0.5) is 0 Å². The van der Waals surface area contributed by atoms with E-state index in [4.69, 9.17) is 5.84 Å². The van der Waals surface area contributed by atoms with E-state index in [1.54, 1.807) is 0 Å². The van der Waals surface area contributed by atoms with Crippen LogP contribution in [0.3, 0.4) is 0 Å². The van der Waals surface area contributed by atoms with Gasteiger partial charge in [-0.1, -0.05) is 20.3 Å². The Balaban J connectivity index is 2.56. The molecule has 4 nitrogen and oxygen atoms in total. The third kappa shape index (κ3) is 2.82. The lowest BCUT2D eigenvalue weighted by Crippen LogP contribution is -2.41. The Morgan fingerprint density at radius 1 is 1.64 bits per heavy atom. The number of aryl methyl sites for hydroxylation is 1. The van der Waals surface area contributed by atoms with Crippen LogP contribution in [0.15, 0.2) is 12.3 Å². The molecule has 0 spiro atoms. The van der Waals surface area contributed by atoms with Crippen LogP contribution in [-0.4, -0.2) is 15.8 Å². The molecular formula is C10H20N4. The molecule has 1 heterocycles. The van der Waals surface area contributed by atoms with E-state index in [0.717, 1.165) is 18.5 Å². The van der Waals surface area contributed by atoms with Crippen molar-refractivity contribution in [2.24, 2.45) is 18.8 Å². The minimum Gasteiger partial charge on any atom is -0.276 e. The van der Waals surface area contributed by atoms with E-state index < -0.39 is 0 Å². The van der Waals surface area contributed by atoms with Crippen molar-refractivity contribution in [1.82, 2.24) is 15.2 Å². The molecule has 4 heteroatoms. The molecular weight excluding hydrogens is 176 g/mol. The highest BCUT2D eigenvalue weighted by Crippen LogP contribution is 2.11. The number of aromatic nitrogens is 2. The average molecular weight is 196 g/mol. The Labute approximate surface area is 85.5 Å². The fourth-order valence-electron chi connectivity index (χ4n) is 1.51. The van der Waals surface area contributed by atoms with Crippen molar-refractivity contribution in [1.29, 1.82) is 0 Å². The second-order valence-electron chi connectivity index (χ2n) is 3.84. The van der Waals surface area contributed by atoms with Gasteiger partial charge in [0.15, 0.2) is 0 Å². The van der Waals surface area contributed by atoms with Crippen molar-refractivity contribution in [2.75, 3.05) is 0 Å². The summed E-state index contributed by atoms with van der Waals surface area (Å²) in [5, 5.41) is 4.34. The monoisotopic (exact) mass is 196 g/mol. The van der Waals surface area contributed by atoms with Gasteiger partial charge in [0.05, 0.1) is 5.69 Å². The second-order valence-corrected chi connectivity index (χ2v) is 3.84. The molecule has 0 fully saturated rings. The Bertz CT molecular complexity index is 269. The molecule has 2 unspecified atom stereocenters. The van der Waals surface area contributed by atoms with Crippen LogP contribution >= 0.6 is 0 Å². The molecule has 0 aromatic carbocycles.